The van der Waals surface area contributed by atoms with Gasteiger partial charge in [-0.1, -0.05) is 15.9 Å². The van der Waals surface area contributed by atoms with Crippen molar-refractivity contribution in [3.63, 3.8) is 0 Å². The standard InChI is InChI=1S/C16H21BrFNO/c1-11-8-13(17)9-12(2)16(11)15(20)4-3-6-19-7-5-14(18)10-19/h8-9,14H,3-7,10H2,1-2H3/t14-/m1/s1. The first-order valence-electron chi connectivity index (χ1n) is 7.13. The van der Waals surface area contributed by atoms with Crippen LogP contribution in [0.5, 0.6) is 0 Å². The van der Waals surface area contributed by atoms with Gasteiger partial charge in [0, 0.05) is 29.5 Å². The second kappa shape index (κ2) is 6.81. The summed E-state index contributed by atoms with van der Waals surface area (Å²) in [6, 6.07) is 3.96. The lowest BCUT2D eigenvalue weighted by Crippen LogP contribution is -2.23. The summed E-state index contributed by atoms with van der Waals surface area (Å²) in [5.41, 5.74) is 2.89. The number of alkyl halides is 1. The summed E-state index contributed by atoms with van der Waals surface area (Å²) in [7, 11) is 0. The normalized spacial score (nSPS) is 19.5. The third-order valence-electron chi connectivity index (χ3n) is 3.87. The number of carbonyl (C=O) groups excluding carboxylic acids is 1. The Kier molecular flexibility index (Phi) is 5.33. The summed E-state index contributed by atoms with van der Waals surface area (Å²) in [5.74, 6) is 0.198. The molecule has 0 radical (unpaired) electrons. The summed E-state index contributed by atoms with van der Waals surface area (Å²) in [4.78, 5) is 14.4. The Labute approximate surface area is 128 Å². The zero-order valence-corrected chi connectivity index (χ0v) is 13.7. The molecule has 0 saturated carbocycles. The molecular weight excluding hydrogens is 321 g/mol. The molecule has 4 heteroatoms. The molecule has 1 aromatic carbocycles. The van der Waals surface area contributed by atoms with Crippen molar-refractivity contribution in [3.05, 3.63) is 33.3 Å². The van der Waals surface area contributed by atoms with Crippen molar-refractivity contribution in [2.24, 2.45) is 0 Å². The van der Waals surface area contributed by atoms with Crippen LogP contribution in [-0.4, -0.2) is 36.5 Å². The minimum absolute atomic E-state index is 0.198. The molecule has 2 nitrogen and oxygen atoms in total. The van der Waals surface area contributed by atoms with Gasteiger partial charge in [-0.05, 0) is 56.5 Å². The molecule has 0 unspecified atom stereocenters. The van der Waals surface area contributed by atoms with E-state index in [0.717, 1.165) is 40.7 Å². The second-order valence-corrected chi connectivity index (χ2v) is 6.54. The molecule has 0 aliphatic carbocycles. The summed E-state index contributed by atoms with van der Waals surface area (Å²) in [6.07, 6.45) is 1.30. The van der Waals surface area contributed by atoms with Crippen molar-refractivity contribution in [2.45, 2.75) is 39.3 Å². The van der Waals surface area contributed by atoms with Crippen LogP contribution in [-0.2, 0) is 0 Å². The Morgan fingerprint density at radius 3 is 2.60 bits per heavy atom. The van der Waals surface area contributed by atoms with Crippen LogP contribution in [0.4, 0.5) is 4.39 Å². The Morgan fingerprint density at radius 2 is 2.05 bits per heavy atom. The lowest BCUT2D eigenvalue weighted by molar-refractivity contribution is 0.0974. The van der Waals surface area contributed by atoms with Crippen molar-refractivity contribution in [3.8, 4) is 0 Å². The fourth-order valence-corrected chi connectivity index (χ4v) is 3.61. The monoisotopic (exact) mass is 341 g/mol. The molecule has 2 rings (SSSR count). The first-order valence-corrected chi connectivity index (χ1v) is 7.93. The maximum absolute atomic E-state index is 13.1. The first kappa shape index (κ1) is 15.6. The van der Waals surface area contributed by atoms with E-state index in [0.29, 0.717) is 19.4 Å². The zero-order chi connectivity index (χ0) is 14.7. The largest absolute Gasteiger partial charge is 0.300 e. The molecule has 0 bridgehead atoms. The Bertz CT molecular complexity index is 480. The molecule has 20 heavy (non-hydrogen) atoms. The number of benzene rings is 1. The number of likely N-dealkylation sites (tertiary alicyclic amines) is 1. The Hall–Kier alpha value is -0.740. The fourth-order valence-electron chi connectivity index (χ4n) is 2.93. The van der Waals surface area contributed by atoms with E-state index >= 15 is 0 Å². The smallest absolute Gasteiger partial charge is 0.163 e. The number of nitrogens with zero attached hydrogens (tertiary/aromatic N) is 1. The van der Waals surface area contributed by atoms with Gasteiger partial charge in [-0.25, -0.2) is 4.39 Å². The van der Waals surface area contributed by atoms with Crippen LogP contribution >= 0.6 is 15.9 Å². The van der Waals surface area contributed by atoms with Gasteiger partial charge < -0.3 is 4.90 Å². The number of halogens is 2. The Morgan fingerprint density at radius 1 is 1.40 bits per heavy atom. The molecule has 0 amide bonds. The van der Waals surface area contributed by atoms with Gasteiger partial charge >= 0.3 is 0 Å². The lowest BCUT2D eigenvalue weighted by Gasteiger charge is -2.14. The summed E-state index contributed by atoms with van der Waals surface area (Å²) in [5, 5.41) is 0. The van der Waals surface area contributed by atoms with Gasteiger partial charge in [-0.2, -0.15) is 0 Å². The molecule has 0 N–H and O–H groups in total. The van der Waals surface area contributed by atoms with Crippen molar-refractivity contribution in [2.75, 3.05) is 19.6 Å². The van der Waals surface area contributed by atoms with Crippen LogP contribution in [0.15, 0.2) is 16.6 Å². The van der Waals surface area contributed by atoms with Gasteiger partial charge in [-0.15, -0.1) is 0 Å². The van der Waals surface area contributed by atoms with Gasteiger partial charge in [0.2, 0.25) is 0 Å². The first-order chi connectivity index (χ1) is 9.47. The van der Waals surface area contributed by atoms with Crippen LogP contribution in [0, 0.1) is 13.8 Å². The van der Waals surface area contributed by atoms with Crippen molar-refractivity contribution >= 4 is 21.7 Å². The Balaban J connectivity index is 1.89. The molecule has 0 spiro atoms. The molecule has 1 saturated heterocycles. The molecule has 1 aliphatic heterocycles. The SMILES string of the molecule is Cc1cc(Br)cc(C)c1C(=O)CCCN1CC[C@@H](F)C1. The fraction of sp³-hybridized carbons (Fsp3) is 0.562. The van der Waals surface area contributed by atoms with Crippen LogP contribution in [0.25, 0.3) is 0 Å². The van der Waals surface area contributed by atoms with Gasteiger partial charge in [0.25, 0.3) is 0 Å². The molecule has 0 aromatic heterocycles. The minimum atomic E-state index is -0.679. The topological polar surface area (TPSA) is 20.3 Å². The van der Waals surface area contributed by atoms with E-state index in [9.17, 15) is 9.18 Å². The second-order valence-electron chi connectivity index (χ2n) is 5.63. The molecule has 1 atom stereocenters. The van der Waals surface area contributed by atoms with Gasteiger partial charge in [0.1, 0.15) is 6.17 Å². The molecule has 1 aliphatic rings. The molecule has 1 heterocycles. The lowest BCUT2D eigenvalue weighted by atomic mass is 9.96. The average molecular weight is 342 g/mol. The van der Waals surface area contributed by atoms with Crippen LogP contribution in [0.1, 0.15) is 40.7 Å². The van der Waals surface area contributed by atoms with Crippen molar-refractivity contribution < 1.29 is 9.18 Å². The number of Topliss-reactive ketones (excluding diaryl/α,β-unsaturated/α-hetero) is 1. The van der Waals surface area contributed by atoms with Gasteiger partial charge in [-0.3, -0.25) is 4.79 Å². The predicted octanol–water partition coefficient (Wildman–Crippen LogP) is 4.07. The predicted molar refractivity (Wildman–Crippen MR) is 83.1 cm³/mol. The number of aryl methyl sites for hydroxylation is 2. The van der Waals surface area contributed by atoms with E-state index in [2.05, 4.69) is 20.8 Å². The number of carbonyl (C=O) groups is 1. The highest BCUT2D eigenvalue weighted by Crippen LogP contribution is 2.22. The summed E-state index contributed by atoms with van der Waals surface area (Å²) < 4.78 is 14.1. The number of hydrogen-bond donors (Lipinski definition) is 0. The zero-order valence-electron chi connectivity index (χ0n) is 12.1. The van der Waals surface area contributed by atoms with Crippen LogP contribution in [0.3, 0.4) is 0 Å². The summed E-state index contributed by atoms with van der Waals surface area (Å²) in [6.45, 7) is 6.12. The highest BCUT2D eigenvalue weighted by atomic mass is 79.9. The van der Waals surface area contributed by atoms with E-state index in [-0.39, 0.29) is 5.78 Å². The quantitative estimate of drug-likeness (QED) is 0.752. The van der Waals surface area contributed by atoms with E-state index in [4.69, 9.17) is 0 Å². The summed E-state index contributed by atoms with van der Waals surface area (Å²) >= 11 is 3.45. The highest BCUT2D eigenvalue weighted by molar-refractivity contribution is 9.10. The maximum Gasteiger partial charge on any atom is 0.163 e. The van der Waals surface area contributed by atoms with E-state index in [1.54, 1.807) is 0 Å². The average Bonchev–Trinajstić information content (AvgIpc) is 2.73. The van der Waals surface area contributed by atoms with E-state index in [1.165, 1.54) is 0 Å². The third kappa shape index (κ3) is 3.89. The van der Waals surface area contributed by atoms with Crippen molar-refractivity contribution in [1.82, 2.24) is 4.90 Å². The molecule has 1 aromatic rings. The van der Waals surface area contributed by atoms with Gasteiger partial charge in [0.15, 0.2) is 5.78 Å². The molecule has 1 fully saturated rings. The van der Waals surface area contributed by atoms with Crippen LogP contribution < -0.4 is 0 Å². The van der Waals surface area contributed by atoms with E-state index in [1.807, 2.05) is 26.0 Å². The minimum Gasteiger partial charge on any atom is -0.300 e. The maximum atomic E-state index is 13.1. The van der Waals surface area contributed by atoms with Crippen molar-refractivity contribution in [1.29, 1.82) is 0 Å². The molecular formula is C16H21BrFNO. The van der Waals surface area contributed by atoms with Crippen LogP contribution in [0.2, 0.25) is 0 Å². The third-order valence-corrected chi connectivity index (χ3v) is 4.33. The number of hydrogen-bond acceptors (Lipinski definition) is 2. The molecule has 110 valence electrons. The van der Waals surface area contributed by atoms with E-state index < -0.39 is 6.17 Å². The van der Waals surface area contributed by atoms with Gasteiger partial charge in [0.05, 0.1) is 0 Å². The number of ketones is 1. The number of rotatable bonds is 5. The highest BCUT2D eigenvalue weighted by Gasteiger charge is 2.21.